The average Bonchev–Trinajstić information content (AvgIpc) is 3.35. The number of aryl methyl sites for hydroxylation is 1. The van der Waals surface area contributed by atoms with Crippen molar-refractivity contribution in [1.82, 2.24) is 15.5 Å². The van der Waals surface area contributed by atoms with Crippen molar-refractivity contribution in [2.24, 2.45) is 11.7 Å². The summed E-state index contributed by atoms with van der Waals surface area (Å²) in [4.78, 5) is 17.6. The van der Waals surface area contributed by atoms with E-state index in [2.05, 4.69) is 36.2 Å². The molecular weight excluding hydrogens is 316 g/mol. The van der Waals surface area contributed by atoms with Crippen molar-refractivity contribution in [1.29, 1.82) is 0 Å². The lowest BCUT2D eigenvalue weighted by Crippen LogP contribution is -2.41. The number of aromatic nitrogens is 2. The van der Waals surface area contributed by atoms with Gasteiger partial charge in [0.15, 0.2) is 0 Å². The van der Waals surface area contributed by atoms with Crippen LogP contribution in [0.5, 0.6) is 0 Å². The van der Waals surface area contributed by atoms with Gasteiger partial charge in [0.05, 0.1) is 16.6 Å². The Morgan fingerprint density at radius 1 is 1.44 bits per heavy atom. The van der Waals surface area contributed by atoms with Crippen LogP contribution in [0.15, 0.2) is 10.6 Å². The Balaban J connectivity index is 1.96. The number of pyridine rings is 1. The summed E-state index contributed by atoms with van der Waals surface area (Å²) in [7, 11) is 0. The van der Waals surface area contributed by atoms with Gasteiger partial charge in [-0.25, -0.2) is 4.98 Å². The Hall–Kier alpha value is -1.95. The maximum atomic E-state index is 13.0. The normalized spacial score (nSPS) is 15.7. The predicted octanol–water partition coefficient (Wildman–Crippen LogP) is 3.16. The van der Waals surface area contributed by atoms with Gasteiger partial charge in [-0.15, -0.1) is 0 Å². The van der Waals surface area contributed by atoms with Crippen LogP contribution in [0.1, 0.15) is 74.1 Å². The predicted molar refractivity (Wildman–Crippen MR) is 97.5 cm³/mol. The lowest BCUT2D eigenvalue weighted by molar-refractivity contribution is 0.0935. The Morgan fingerprint density at radius 3 is 2.80 bits per heavy atom. The molecule has 3 N–H and O–H groups in total. The fraction of sp³-hybridized carbons (Fsp3) is 0.632. The van der Waals surface area contributed by atoms with E-state index >= 15 is 0 Å². The fourth-order valence-corrected chi connectivity index (χ4v) is 3.25. The number of rotatable bonds is 8. The van der Waals surface area contributed by atoms with Crippen molar-refractivity contribution in [3.8, 4) is 0 Å². The van der Waals surface area contributed by atoms with Crippen molar-refractivity contribution in [3.63, 3.8) is 0 Å². The van der Waals surface area contributed by atoms with Gasteiger partial charge >= 0.3 is 0 Å². The zero-order valence-corrected chi connectivity index (χ0v) is 15.3. The summed E-state index contributed by atoms with van der Waals surface area (Å²) < 4.78 is 5.44. The number of hydrogen-bond donors (Lipinski definition) is 2. The molecule has 2 aromatic rings. The SMILES string of the molecule is CCCc1noc2nc(C3CC3)cc(C(=O)NC(CN)CC(C)C)c12. The van der Waals surface area contributed by atoms with E-state index in [-0.39, 0.29) is 11.9 Å². The molecule has 0 aromatic carbocycles. The molecule has 0 saturated heterocycles. The van der Waals surface area contributed by atoms with Gasteiger partial charge < -0.3 is 15.6 Å². The quantitative estimate of drug-likeness (QED) is 0.767. The lowest BCUT2D eigenvalue weighted by atomic mass is 10.0. The van der Waals surface area contributed by atoms with Crippen LogP contribution in [-0.4, -0.2) is 28.6 Å². The first-order chi connectivity index (χ1) is 12.0. The van der Waals surface area contributed by atoms with E-state index in [0.29, 0.717) is 29.7 Å². The first kappa shape index (κ1) is 17.9. The molecule has 1 unspecified atom stereocenters. The smallest absolute Gasteiger partial charge is 0.259 e. The average molecular weight is 344 g/mol. The molecule has 0 aliphatic heterocycles. The molecule has 1 atom stereocenters. The van der Waals surface area contributed by atoms with Gasteiger partial charge in [0.2, 0.25) is 0 Å². The van der Waals surface area contributed by atoms with Crippen LogP contribution in [-0.2, 0) is 6.42 Å². The molecule has 0 spiro atoms. The van der Waals surface area contributed by atoms with Crippen LogP contribution < -0.4 is 11.1 Å². The third kappa shape index (κ3) is 4.00. The van der Waals surface area contributed by atoms with Crippen molar-refractivity contribution in [2.45, 2.75) is 64.8 Å². The standard InChI is InChI=1S/C19H28N4O2/c1-4-5-15-17-14(18(24)21-13(10-20)8-11(2)3)9-16(12-6-7-12)22-19(17)25-23-15/h9,11-13H,4-8,10,20H2,1-3H3,(H,21,24). The summed E-state index contributed by atoms with van der Waals surface area (Å²) in [6.07, 6.45) is 4.80. The first-order valence-corrected chi connectivity index (χ1v) is 9.33. The maximum absolute atomic E-state index is 13.0. The highest BCUT2D eigenvalue weighted by atomic mass is 16.5. The summed E-state index contributed by atoms with van der Waals surface area (Å²) in [6.45, 7) is 6.77. The van der Waals surface area contributed by atoms with Gasteiger partial charge in [-0.1, -0.05) is 32.3 Å². The monoisotopic (exact) mass is 344 g/mol. The minimum Gasteiger partial charge on any atom is -0.348 e. The van der Waals surface area contributed by atoms with E-state index in [1.165, 1.54) is 0 Å². The Bertz CT molecular complexity index is 749. The summed E-state index contributed by atoms with van der Waals surface area (Å²) in [5.41, 5.74) is 8.70. The van der Waals surface area contributed by atoms with Crippen LogP contribution >= 0.6 is 0 Å². The van der Waals surface area contributed by atoms with Crippen LogP contribution in [0, 0.1) is 5.92 Å². The van der Waals surface area contributed by atoms with Gasteiger partial charge in [-0.05, 0) is 37.7 Å². The highest BCUT2D eigenvalue weighted by Gasteiger charge is 2.29. The molecule has 3 rings (SSSR count). The number of nitrogens with two attached hydrogens (primary N) is 1. The number of carbonyl (C=O) groups excluding carboxylic acids is 1. The minimum absolute atomic E-state index is 0.0328. The molecule has 2 heterocycles. The molecule has 25 heavy (non-hydrogen) atoms. The molecule has 1 amide bonds. The zero-order valence-electron chi connectivity index (χ0n) is 15.3. The van der Waals surface area contributed by atoms with Gasteiger partial charge in [0, 0.05) is 24.2 Å². The van der Waals surface area contributed by atoms with Crippen LogP contribution in [0.4, 0.5) is 0 Å². The summed E-state index contributed by atoms with van der Waals surface area (Å²) in [6, 6.07) is 1.89. The van der Waals surface area contributed by atoms with E-state index in [9.17, 15) is 4.79 Å². The Kier molecular flexibility index (Phi) is 5.37. The van der Waals surface area contributed by atoms with Gasteiger partial charge in [0.25, 0.3) is 11.6 Å². The van der Waals surface area contributed by atoms with E-state index < -0.39 is 0 Å². The summed E-state index contributed by atoms with van der Waals surface area (Å²) in [5, 5.41) is 8.00. The molecule has 1 fully saturated rings. The third-order valence-electron chi connectivity index (χ3n) is 4.64. The first-order valence-electron chi connectivity index (χ1n) is 9.33. The van der Waals surface area contributed by atoms with E-state index in [1.807, 2.05) is 6.07 Å². The van der Waals surface area contributed by atoms with Gasteiger partial charge in [0.1, 0.15) is 0 Å². The lowest BCUT2D eigenvalue weighted by Gasteiger charge is -2.19. The second-order valence-corrected chi connectivity index (χ2v) is 7.46. The summed E-state index contributed by atoms with van der Waals surface area (Å²) >= 11 is 0. The van der Waals surface area contributed by atoms with Crippen molar-refractivity contribution >= 4 is 17.0 Å². The van der Waals surface area contributed by atoms with Crippen molar-refractivity contribution in [3.05, 3.63) is 23.0 Å². The topological polar surface area (TPSA) is 94.0 Å². The summed E-state index contributed by atoms with van der Waals surface area (Å²) in [5.74, 6) is 0.808. The van der Waals surface area contributed by atoms with E-state index in [0.717, 1.165) is 48.9 Å². The second-order valence-electron chi connectivity index (χ2n) is 7.46. The maximum Gasteiger partial charge on any atom is 0.259 e. The van der Waals surface area contributed by atoms with Gasteiger partial charge in [-0.2, -0.15) is 0 Å². The van der Waals surface area contributed by atoms with E-state index in [1.54, 1.807) is 0 Å². The molecule has 1 aliphatic carbocycles. The number of nitrogens with zero attached hydrogens (tertiary/aromatic N) is 2. The molecule has 6 nitrogen and oxygen atoms in total. The van der Waals surface area contributed by atoms with Crippen molar-refractivity contribution < 1.29 is 9.32 Å². The Labute approximate surface area is 148 Å². The van der Waals surface area contributed by atoms with Crippen LogP contribution in [0.3, 0.4) is 0 Å². The number of hydrogen-bond acceptors (Lipinski definition) is 5. The Morgan fingerprint density at radius 2 is 2.20 bits per heavy atom. The number of carbonyl (C=O) groups is 1. The van der Waals surface area contributed by atoms with Crippen LogP contribution in [0.25, 0.3) is 11.1 Å². The second kappa shape index (κ2) is 7.52. The number of nitrogens with one attached hydrogen (secondary N) is 1. The fourth-order valence-electron chi connectivity index (χ4n) is 3.25. The van der Waals surface area contributed by atoms with Crippen LogP contribution in [0.2, 0.25) is 0 Å². The third-order valence-corrected chi connectivity index (χ3v) is 4.64. The number of amides is 1. The molecular formula is C19H28N4O2. The van der Waals surface area contributed by atoms with Crippen molar-refractivity contribution in [2.75, 3.05) is 6.54 Å². The molecule has 0 radical (unpaired) electrons. The largest absolute Gasteiger partial charge is 0.348 e. The zero-order chi connectivity index (χ0) is 18.0. The highest BCUT2D eigenvalue weighted by Crippen LogP contribution is 2.40. The minimum atomic E-state index is -0.106. The number of fused-ring (bicyclic) bond motifs is 1. The molecule has 6 heteroatoms. The molecule has 2 aromatic heterocycles. The highest BCUT2D eigenvalue weighted by molar-refractivity contribution is 6.06. The molecule has 0 bridgehead atoms. The van der Waals surface area contributed by atoms with Gasteiger partial charge in [-0.3, -0.25) is 4.79 Å². The van der Waals surface area contributed by atoms with E-state index in [4.69, 9.17) is 10.3 Å². The molecule has 1 aliphatic rings. The molecule has 136 valence electrons. The molecule has 1 saturated carbocycles.